The van der Waals surface area contributed by atoms with E-state index in [1.165, 1.54) is 0 Å². The van der Waals surface area contributed by atoms with Gasteiger partial charge in [-0.3, -0.25) is 4.98 Å². The summed E-state index contributed by atoms with van der Waals surface area (Å²) in [4.78, 5) is 32.4. The third-order valence-corrected chi connectivity index (χ3v) is 6.02. The maximum Gasteiger partial charge on any atom is 0.417 e. The van der Waals surface area contributed by atoms with E-state index in [1.54, 1.807) is 30.6 Å². The molecule has 0 aliphatic carbocycles. The summed E-state index contributed by atoms with van der Waals surface area (Å²) < 4.78 is 11.1. The zero-order chi connectivity index (χ0) is 23.7. The number of hydrogen-bond donors (Lipinski definition) is 1. The lowest BCUT2D eigenvalue weighted by atomic mass is 10.1. The van der Waals surface area contributed by atoms with Crippen LogP contribution in [0.2, 0.25) is 5.02 Å². The number of aryl methyl sites for hydroxylation is 1. The Labute approximate surface area is 201 Å². The predicted octanol–water partition coefficient (Wildman–Crippen LogP) is 4.31. The number of aromatic nitrogens is 4. The smallest absolute Gasteiger partial charge is 0.417 e. The molecule has 0 spiro atoms. The highest BCUT2D eigenvalue weighted by Crippen LogP contribution is 2.38. The lowest BCUT2D eigenvalue weighted by Crippen LogP contribution is -2.49. The third-order valence-electron chi connectivity index (χ3n) is 5.79. The Balaban J connectivity index is 1.22. The van der Waals surface area contributed by atoms with Gasteiger partial charge in [0.1, 0.15) is 5.82 Å². The second kappa shape index (κ2) is 9.18. The maximum atomic E-state index is 12.7. The Morgan fingerprint density at radius 1 is 1.03 bits per heavy atom. The molecule has 1 saturated heterocycles. The van der Waals surface area contributed by atoms with Crippen LogP contribution in [0.1, 0.15) is 5.69 Å². The fourth-order valence-electron chi connectivity index (χ4n) is 4.05. The molecule has 174 valence electrons. The van der Waals surface area contributed by atoms with Gasteiger partial charge in [0.2, 0.25) is 0 Å². The number of piperazine rings is 1. The first-order valence-electron chi connectivity index (χ1n) is 10.8. The van der Waals surface area contributed by atoms with Crippen LogP contribution >= 0.6 is 11.6 Å². The van der Waals surface area contributed by atoms with E-state index < -0.39 is 6.09 Å². The zero-order valence-corrected chi connectivity index (χ0v) is 19.5. The van der Waals surface area contributed by atoms with Crippen LogP contribution in [0.5, 0.6) is 11.8 Å². The van der Waals surface area contributed by atoms with E-state index in [9.17, 15) is 4.79 Å². The molecular formula is C24H23ClN6O3. The summed E-state index contributed by atoms with van der Waals surface area (Å²) in [5.41, 5.74) is 3.63. The summed E-state index contributed by atoms with van der Waals surface area (Å²) in [6.45, 7) is 4.14. The van der Waals surface area contributed by atoms with Crippen molar-refractivity contribution in [3.63, 3.8) is 0 Å². The van der Waals surface area contributed by atoms with Gasteiger partial charge in [0.25, 0.3) is 0 Å². The summed E-state index contributed by atoms with van der Waals surface area (Å²) in [7, 11) is 1.64. The first-order valence-corrected chi connectivity index (χ1v) is 11.2. The van der Waals surface area contributed by atoms with Crippen LogP contribution in [-0.2, 0) is 0 Å². The van der Waals surface area contributed by atoms with Crippen molar-refractivity contribution in [2.45, 2.75) is 6.92 Å². The summed E-state index contributed by atoms with van der Waals surface area (Å²) >= 11 is 6.16. The fraction of sp³-hybridized carbons (Fsp3) is 0.250. The van der Waals surface area contributed by atoms with Crippen molar-refractivity contribution < 1.29 is 14.3 Å². The van der Waals surface area contributed by atoms with Crippen molar-refractivity contribution in [3.05, 3.63) is 59.6 Å². The van der Waals surface area contributed by atoms with Crippen molar-refractivity contribution >= 4 is 34.4 Å². The number of H-pyrrole nitrogens is 1. The molecule has 4 heterocycles. The molecule has 0 saturated carbocycles. The predicted molar refractivity (Wildman–Crippen MR) is 130 cm³/mol. The highest BCUT2D eigenvalue weighted by molar-refractivity contribution is 6.31. The number of amides is 1. The van der Waals surface area contributed by atoms with E-state index in [-0.39, 0.29) is 6.01 Å². The number of nitrogens with one attached hydrogen (secondary N) is 1. The van der Waals surface area contributed by atoms with Crippen LogP contribution in [0.15, 0.2) is 48.9 Å². The second-order valence-electron chi connectivity index (χ2n) is 7.98. The summed E-state index contributed by atoms with van der Waals surface area (Å²) in [5, 5.41) is 1.57. The van der Waals surface area contributed by atoms with Crippen molar-refractivity contribution in [3.8, 4) is 22.9 Å². The average Bonchev–Trinajstić information content (AvgIpc) is 3.22. The Bertz CT molecular complexity index is 1330. The van der Waals surface area contributed by atoms with E-state index in [0.717, 1.165) is 39.3 Å². The number of ether oxygens (including phenoxy) is 2. The molecular weight excluding hydrogens is 456 g/mol. The van der Waals surface area contributed by atoms with Crippen molar-refractivity contribution in [2.24, 2.45) is 0 Å². The third kappa shape index (κ3) is 4.34. The second-order valence-corrected chi connectivity index (χ2v) is 8.42. The minimum atomic E-state index is -0.470. The molecule has 34 heavy (non-hydrogen) atoms. The Kier molecular flexibility index (Phi) is 5.93. The zero-order valence-electron chi connectivity index (χ0n) is 18.8. The van der Waals surface area contributed by atoms with Crippen molar-refractivity contribution in [1.29, 1.82) is 0 Å². The Morgan fingerprint density at radius 3 is 2.50 bits per heavy atom. The molecule has 1 amide bonds. The van der Waals surface area contributed by atoms with Crippen LogP contribution in [0.3, 0.4) is 0 Å². The van der Waals surface area contributed by atoms with E-state index in [2.05, 4.69) is 24.8 Å². The van der Waals surface area contributed by atoms with Gasteiger partial charge < -0.3 is 24.3 Å². The van der Waals surface area contributed by atoms with Gasteiger partial charge in [-0.2, -0.15) is 0 Å². The summed E-state index contributed by atoms with van der Waals surface area (Å²) in [6.07, 6.45) is 4.54. The standard InChI is InChI=1S/C24H23ClN6O3/c1-15-11-16(5-6-26-15)17-13-27-23(28-14-17)34-24(32)31-9-7-30(8-10-31)22-21(33-2)19-12-18(25)3-4-20(19)29-22/h3-6,11-14,29H,7-10H2,1-2H3. The van der Waals surface area contributed by atoms with Crippen LogP contribution in [0, 0.1) is 6.92 Å². The number of carbonyl (C=O) groups is 1. The van der Waals surface area contributed by atoms with Gasteiger partial charge in [-0.15, -0.1) is 0 Å². The van der Waals surface area contributed by atoms with E-state index >= 15 is 0 Å². The van der Waals surface area contributed by atoms with Gasteiger partial charge in [0.15, 0.2) is 5.75 Å². The maximum absolute atomic E-state index is 12.7. The molecule has 5 rings (SSSR count). The van der Waals surface area contributed by atoms with Gasteiger partial charge in [-0.25, -0.2) is 14.8 Å². The van der Waals surface area contributed by atoms with E-state index in [1.807, 2.05) is 37.3 Å². The highest BCUT2D eigenvalue weighted by Gasteiger charge is 2.26. The van der Waals surface area contributed by atoms with Gasteiger partial charge in [0.05, 0.1) is 12.6 Å². The molecule has 0 atom stereocenters. The number of hydrogen-bond acceptors (Lipinski definition) is 7. The van der Waals surface area contributed by atoms with E-state index in [0.29, 0.717) is 31.2 Å². The molecule has 3 aromatic heterocycles. The monoisotopic (exact) mass is 478 g/mol. The number of pyridine rings is 1. The topological polar surface area (TPSA) is 96.5 Å². The molecule has 0 bridgehead atoms. The average molecular weight is 479 g/mol. The molecule has 1 aliphatic rings. The molecule has 1 aromatic carbocycles. The van der Waals surface area contributed by atoms with Gasteiger partial charge in [-0.1, -0.05) is 11.6 Å². The number of carbonyl (C=O) groups excluding carboxylic acids is 1. The van der Waals surface area contributed by atoms with Gasteiger partial charge in [0, 0.05) is 66.4 Å². The number of halogens is 1. The van der Waals surface area contributed by atoms with Crippen LogP contribution < -0.4 is 14.4 Å². The van der Waals surface area contributed by atoms with Crippen molar-refractivity contribution in [2.75, 3.05) is 38.2 Å². The number of rotatable bonds is 4. The minimum absolute atomic E-state index is 0.0242. The molecule has 0 radical (unpaired) electrons. The lowest BCUT2D eigenvalue weighted by molar-refractivity contribution is 0.145. The number of aromatic amines is 1. The summed E-state index contributed by atoms with van der Waals surface area (Å²) in [6, 6.07) is 9.50. The first-order chi connectivity index (χ1) is 16.5. The number of benzene rings is 1. The van der Waals surface area contributed by atoms with Gasteiger partial charge in [-0.05, 0) is 42.8 Å². The van der Waals surface area contributed by atoms with Crippen LogP contribution in [0.25, 0.3) is 22.0 Å². The Hall–Kier alpha value is -3.85. The normalized spacial score (nSPS) is 13.9. The Morgan fingerprint density at radius 2 is 1.79 bits per heavy atom. The molecule has 1 N–H and O–H groups in total. The van der Waals surface area contributed by atoms with E-state index in [4.69, 9.17) is 21.1 Å². The molecule has 1 fully saturated rings. The quantitative estimate of drug-likeness (QED) is 0.466. The SMILES string of the molecule is COc1c(N2CCN(C(=O)Oc3ncc(-c4ccnc(C)c4)cn3)CC2)[nH]c2ccc(Cl)cc12. The summed E-state index contributed by atoms with van der Waals surface area (Å²) in [5.74, 6) is 1.62. The van der Waals surface area contributed by atoms with Crippen molar-refractivity contribution in [1.82, 2.24) is 24.8 Å². The molecule has 0 unspecified atom stereocenters. The lowest BCUT2D eigenvalue weighted by Gasteiger charge is -2.34. The fourth-order valence-corrected chi connectivity index (χ4v) is 4.22. The molecule has 1 aliphatic heterocycles. The number of fused-ring (bicyclic) bond motifs is 1. The first kappa shape index (κ1) is 22.0. The number of methoxy groups -OCH3 is 1. The molecule has 10 heteroatoms. The molecule has 9 nitrogen and oxygen atoms in total. The number of anilines is 1. The van der Waals surface area contributed by atoms with Crippen LogP contribution in [-0.4, -0.2) is 64.2 Å². The number of nitrogens with zero attached hydrogens (tertiary/aromatic N) is 5. The van der Waals surface area contributed by atoms with Gasteiger partial charge >= 0.3 is 12.1 Å². The molecule has 4 aromatic rings. The highest BCUT2D eigenvalue weighted by atomic mass is 35.5. The minimum Gasteiger partial charge on any atom is -0.492 e. The van der Waals surface area contributed by atoms with Crippen LogP contribution in [0.4, 0.5) is 10.6 Å². The largest absolute Gasteiger partial charge is 0.492 e.